The highest BCUT2D eigenvalue weighted by Crippen LogP contribution is 2.20. The fourth-order valence-electron chi connectivity index (χ4n) is 2.85. The zero-order valence-electron chi connectivity index (χ0n) is 14.1. The van der Waals surface area contributed by atoms with E-state index in [0.29, 0.717) is 11.7 Å². The van der Waals surface area contributed by atoms with Crippen LogP contribution in [0.3, 0.4) is 0 Å². The molecule has 0 saturated carbocycles. The molecule has 2 amide bonds. The standard InChI is InChI=1S/C20H22N2O3/c23-19(15-25-18-9-5-2-6-10-18)21-12-20(24)22-13-17(14-22)11-16-7-3-1-4-8-16/h1-10,17H,11-15H2,(H,21,23). The van der Waals surface area contributed by atoms with Crippen LogP contribution in [0.1, 0.15) is 5.56 Å². The van der Waals surface area contributed by atoms with E-state index in [2.05, 4.69) is 17.4 Å². The molecule has 5 nitrogen and oxygen atoms in total. The van der Waals surface area contributed by atoms with Gasteiger partial charge in [-0.2, -0.15) is 0 Å². The van der Waals surface area contributed by atoms with E-state index in [1.807, 2.05) is 36.4 Å². The number of benzene rings is 2. The van der Waals surface area contributed by atoms with Crippen molar-refractivity contribution in [2.75, 3.05) is 26.2 Å². The molecule has 0 aromatic heterocycles. The highest BCUT2D eigenvalue weighted by Gasteiger charge is 2.30. The molecular weight excluding hydrogens is 316 g/mol. The minimum absolute atomic E-state index is 0.0229. The van der Waals surface area contributed by atoms with Crippen molar-refractivity contribution >= 4 is 11.8 Å². The van der Waals surface area contributed by atoms with Gasteiger partial charge in [-0.05, 0) is 30.0 Å². The van der Waals surface area contributed by atoms with Gasteiger partial charge in [-0.25, -0.2) is 0 Å². The number of nitrogens with zero attached hydrogens (tertiary/aromatic N) is 1. The lowest BCUT2D eigenvalue weighted by Gasteiger charge is -2.39. The van der Waals surface area contributed by atoms with Crippen molar-refractivity contribution in [3.63, 3.8) is 0 Å². The third-order valence-corrected chi connectivity index (χ3v) is 4.23. The van der Waals surface area contributed by atoms with E-state index in [4.69, 9.17) is 4.74 Å². The van der Waals surface area contributed by atoms with Crippen molar-refractivity contribution in [2.45, 2.75) is 6.42 Å². The van der Waals surface area contributed by atoms with Crippen LogP contribution in [-0.4, -0.2) is 43.0 Å². The van der Waals surface area contributed by atoms with Crippen LogP contribution in [0.25, 0.3) is 0 Å². The molecule has 3 rings (SSSR count). The van der Waals surface area contributed by atoms with Crippen LogP contribution in [0.15, 0.2) is 60.7 Å². The Labute approximate surface area is 147 Å². The minimum atomic E-state index is -0.293. The molecule has 0 aliphatic carbocycles. The number of likely N-dealkylation sites (tertiary alicyclic amines) is 1. The molecule has 0 unspecified atom stereocenters. The first-order valence-electron chi connectivity index (χ1n) is 8.47. The Morgan fingerprint density at radius 3 is 2.32 bits per heavy atom. The van der Waals surface area contributed by atoms with Crippen LogP contribution in [0.5, 0.6) is 5.75 Å². The van der Waals surface area contributed by atoms with Gasteiger partial charge in [-0.15, -0.1) is 0 Å². The first-order chi connectivity index (χ1) is 12.2. The largest absolute Gasteiger partial charge is 0.484 e. The van der Waals surface area contributed by atoms with Crippen molar-refractivity contribution in [3.05, 3.63) is 66.2 Å². The second kappa shape index (κ2) is 8.33. The van der Waals surface area contributed by atoms with Crippen molar-refractivity contribution in [3.8, 4) is 5.75 Å². The SMILES string of the molecule is O=C(COc1ccccc1)NCC(=O)N1CC(Cc2ccccc2)C1. The number of ether oxygens (including phenoxy) is 1. The number of nitrogens with one attached hydrogen (secondary N) is 1. The van der Waals surface area contributed by atoms with Gasteiger partial charge in [-0.3, -0.25) is 9.59 Å². The summed E-state index contributed by atoms with van der Waals surface area (Å²) in [7, 11) is 0. The van der Waals surface area contributed by atoms with E-state index >= 15 is 0 Å². The fourth-order valence-corrected chi connectivity index (χ4v) is 2.85. The summed E-state index contributed by atoms with van der Waals surface area (Å²) in [6.07, 6.45) is 0.988. The number of carbonyl (C=O) groups excluding carboxylic acids is 2. The maximum absolute atomic E-state index is 12.1. The second-order valence-electron chi connectivity index (χ2n) is 6.23. The maximum Gasteiger partial charge on any atom is 0.258 e. The van der Waals surface area contributed by atoms with Gasteiger partial charge >= 0.3 is 0 Å². The molecule has 1 aliphatic rings. The van der Waals surface area contributed by atoms with Gasteiger partial charge in [0, 0.05) is 13.1 Å². The van der Waals surface area contributed by atoms with Gasteiger partial charge < -0.3 is 15.0 Å². The molecule has 0 atom stereocenters. The number of hydrogen-bond donors (Lipinski definition) is 1. The Kier molecular flexibility index (Phi) is 5.67. The van der Waals surface area contributed by atoms with Crippen molar-refractivity contribution in [1.29, 1.82) is 0 Å². The number of carbonyl (C=O) groups is 2. The molecule has 1 N–H and O–H groups in total. The molecule has 0 bridgehead atoms. The van der Waals surface area contributed by atoms with Crippen molar-refractivity contribution in [1.82, 2.24) is 10.2 Å². The maximum atomic E-state index is 12.1. The van der Waals surface area contributed by atoms with E-state index in [1.165, 1.54) is 5.56 Å². The average molecular weight is 338 g/mol. The summed E-state index contributed by atoms with van der Waals surface area (Å²) >= 11 is 0. The predicted octanol–water partition coefficient (Wildman–Crippen LogP) is 1.88. The molecule has 1 fully saturated rings. The Hall–Kier alpha value is -2.82. The van der Waals surface area contributed by atoms with Crippen LogP contribution in [0, 0.1) is 5.92 Å². The third kappa shape index (κ3) is 5.08. The number of hydrogen-bond acceptors (Lipinski definition) is 3. The molecule has 1 aliphatic heterocycles. The smallest absolute Gasteiger partial charge is 0.258 e. The zero-order chi connectivity index (χ0) is 17.5. The van der Waals surface area contributed by atoms with Crippen LogP contribution < -0.4 is 10.1 Å². The number of para-hydroxylation sites is 1. The molecule has 1 saturated heterocycles. The summed E-state index contributed by atoms with van der Waals surface area (Å²) in [6.45, 7) is 1.44. The number of amides is 2. The van der Waals surface area contributed by atoms with E-state index in [9.17, 15) is 9.59 Å². The summed E-state index contributed by atoms with van der Waals surface area (Å²) in [6, 6.07) is 19.4. The van der Waals surface area contributed by atoms with E-state index < -0.39 is 0 Å². The van der Waals surface area contributed by atoms with Crippen molar-refractivity contribution in [2.24, 2.45) is 5.92 Å². The van der Waals surface area contributed by atoms with Gasteiger partial charge in [0.1, 0.15) is 5.75 Å². The first-order valence-corrected chi connectivity index (χ1v) is 8.47. The van der Waals surface area contributed by atoms with Crippen LogP contribution in [0.2, 0.25) is 0 Å². The molecule has 5 heteroatoms. The molecule has 130 valence electrons. The molecule has 0 radical (unpaired) electrons. The lowest BCUT2D eigenvalue weighted by Crippen LogP contribution is -2.53. The van der Waals surface area contributed by atoms with E-state index in [-0.39, 0.29) is 25.0 Å². The summed E-state index contributed by atoms with van der Waals surface area (Å²) in [4.78, 5) is 25.6. The van der Waals surface area contributed by atoms with Crippen LogP contribution in [-0.2, 0) is 16.0 Å². The summed E-state index contributed by atoms with van der Waals surface area (Å²) in [5.41, 5.74) is 1.30. The molecule has 2 aromatic rings. The average Bonchev–Trinajstić information content (AvgIpc) is 2.62. The van der Waals surface area contributed by atoms with Gasteiger partial charge in [0.15, 0.2) is 6.61 Å². The third-order valence-electron chi connectivity index (χ3n) is 4.23. The Balaban J connectivity index is 1.31. The monoisotopic (exact) mass is 338 g/mol. The van der Waals surface area contributed by atoms with Gasteiger partial charge in [-0.1, -0.05) is 48.5 Å². The lowest BCUT2D eigenvalue weighted by atomic mass is 9.92. The van der Waals surface area contributed by atoms with E-state index in [1.54, 1.807) is 17.0 Å². The highest BCUT2D eigenvalue weighted by molar-refractivity contribution is 5.85. The zero-order valence-corrected chi connectivity index (χ0v) is 14.1. The lowest BCUT2D eigenvalue weighted by molar-refractivity contribution is -0.138. The Bertz CT molecular complexity index is 697. The normalized spacial score (nSPS) is 13.8. The highest BCUT2D eigenvalue weighted by atomic mass is 16.5. The topological polar surface area (TPSA) is 58.6 Å². The van der Waals surface area contributed by atoms with Crippen LogP contribution >= 0.6 is 0 Å². The second-order valence-corrected chi connectivity index (χ2v) is 6.23. The Morgan fingerprint density at radius 2 is 1.64 bits per heavy atom. The fraction of sp³-hybridized carbons (Fsp3) is 0.300. The predicted molar refractivity (Wildman–Crippen MR) is 95.2 cm³/mol. The van der Waals surface area contributed by atoms with Gasteiger partial charge in [0.05, 0.1) is 6.54 Å². The van der Waals surface area contributed by atoms with Crippen molar-refractivity contribution < 1.29 is 14.3 Å². The first kappa shape index (κ1) is 17.0. The molecule has 2 aromatic carbocycles. The summed E-state index contributed by atoms with van der Waals surface area (Å²) in [5.74, 6) is 0.801. The van der Waals surface area contributed by atoms with Gasteiger partial charge in [0.25, 0.3) is 5.91 Å². The van der Waals surface area contributed by atoms with Gasteiger partial charge in [0.2, 0.25) is 5.91 Å². The summed E-state index contributed by atoms with van der Waals surface area (Å²) in [5, 5.41) is 2.61. The Morgan fingerprint density at radius 1 is 1.00 bits per heavy atom. The van der Waals surface area contributed by atoms with E-state index in [0.717, 1.165) is 19.5 Å². The number of rotatable bonds is 7. The molecule has 0 spiro atoms. The molecular formula is C20H22N2O3. The molecule has 25 heavy (non-hydrogen) atoms. The molecule has 1 heterocycles. The minimum Gasteiger partial charge on any atom is -0.484 e. The summed E-state index contributed by atoms with van der Waals surface area (Å²) < 4.78 is 5.35. The van der Waals surface area contributed by atoms with Crippen LogP contribution in [0.4, 0.5) is 0 Å². The quantitative estimate of drug-likeness (QED) is 0.839.